The highest BCUT2D eigenvalue weighted by molar-refractivity contribution is 5.94. The van der Waals surface area contributed by atoms with Crippen molar-refractivity contribution in [1.29, 1.82) is 0 Å². The van der Waals surface area contributed by atoms with Gasteiger partial charge in [0.05, 0.1) is 25.4 Å². The van der Waals surface area contributed by atoms with Gasteiger partial charge in [0.15, 0.2) is 5.96 Å². The van der Waals surface area contributed by atoms with Crippen LogP contribution in [0.1, 0.15) is 19.4 Å². The predicted molar refractivity (Wildman–Crippen MR) is 106 cm³/mol. The van der Waals surface area contributed by atoms with Crippen LogP contribution >= 0.6 is 0 Å². The van der Waals surface area contributed by atoms with Crippen molar-refractivity contribution < 1.29 is 14.2 Å². The van der Waals surface area contributed by atoms with E-state index >= 15 is 0 Å². The number of anilines is 1. The second-order valence-corrected chi connectivity index (χ2v) is 5.53. The minimum Gasteiger partial charge on any atom is -0.494 e. The van der Waals surface area contributed by atoms with Gasteiger partial charge in [-0.1, -0.05) is 18.2 Å². The lowest BCUT2D eigenvalue weighted by atomic mass is 10.2. The molecule has 0 aliphatic rings. The zero-order valence-corrected chi connectivity index (χ0v) is 15.6. The van der Waals surface area contributed by atoms with E-state index in [1.807, 2.05) is 63.2 Å². The number of hydrogen-bond acceptors (Lipinski definition) is 4. The number of ether oxygens (including phenoxy) is 3. The molecule has 0 unspecified atom stereocenters. The van der Waals surface area contributed by atoms with Crippen molar-refractivity contribution in [2.45, 2.75) is 20.8 Å². The number of hydrogen-bond donors (Lipinski definition) is 2. The molecule has 2 rings (SSSR count). The first-order valence-electron chi connectivity index (χ1n) is 8.79. The number of rotatable bonds is 9. The van der Waals surface area contributed by atoms with E-state index in [-0.39, 0.29) is 0 Å². The molecule has 0 amide bonds. The number of benzene rings is 2. The van der Waals surface area contributed by atoms with Crippen molar-refractivity contribution >= 4 is 11.6 Å². The molecule has 0 bridgehead atoms. The van der Waals surface area contributed by atoms with Gasteiger partial charge in [0, 0.05) is 6.07 Å². The monoisotopic (exact) mass is 357 g/mol. The van der Waals surface area contributed by atoms with E-state index in [0.717, 1.165) is 22.7 Å². The summed E-state index contributed by atoms with van der Waals surface area (Å²) in [6, 6.07) is 13.4. The second-order valence-electron chi connectivity index (χ2n) is 5.53. The van der Waals surface area contributed by atoms with Gasteiger partial charge < -0.3 is 25.3 Å². The summed E-state index contributed by atoms with van der Waals surface area (Å²) in [6.07, 6.45) is 0. The molecule has 0 aliphatic heterocycles. The first-order valence-corrected chi connectivity index (χ1v) is 8.79. The maximum absolute atomic E-state index is 5.99. The maximum Gasteiger partial charge on any atom is 0.193 e. The van der Waals surface area contributed by atoms with Gasteiger partial charge in [-0.05, 0) is 44.5 Å². The van der Waals surface area contributed by atoms with Crippen molar-refractivity contribution in [3.63, 3.8) is 0 Å². The van der Waals surface area contributed by atoms with Gasteiger partial charge in [0.2, 0.25) is 0 Å². The molecule has 140 valence electrons. The molecule has 6 heteroatoms. The molecular weight excluding hydrogens is 330 g/mol. The molecule has 0 heterocycles. The molecule has 0 aromatic heterocycles. The van der Waals surface area contributed by atoms with Crippen LogP contribution in [0.5, 0.6) is 17.2 Å². The molecule has 0 radical (unpaired) electrons. The number of nitrogens with one attached hydrogen (secondary N) is 1. The third kappa shape index (κ3) is 5.88. The number of para-hydroxylation sites is 1. The van der Waals surface area contributed by atoms with Crippen molar-refractivity contribution in [3.05, 3.63) is 48.0 Å². The Hall–Kier alpha value is -2.89. The molecule has 6 nitrogen and oxygen atoms in total. The maximum atomic E-state index is 5.99. The minimum atomic E-state index is 0.299. The van der Waals surface area contributed by atoms with E-state index in [9.17, 15) is 0 Å². The number of guanidine groups is 1. The molecule has 2 aromatic rings. The highest BCUT2D eigenvalue weighted by Gasteiger charge is 2.07. The lowest BCUT2D eigenvalue weighted by Gasteiger charge is -2.14. The molecule has 26 heavy (non-hydrogen) atoms. The molecule has 3 N–H and O–H groups in total. The third-order valence-corrected chi connectivity index (χ3v) is 3.55. The zero-order chi connectivity index (χ0) is 18.8. The smallest absolute Gasteiger partial charge is 0.193 e. The first kappa shape index (κ1) is 19.4. The van der Waals surface area contributed by atoms with Crippen LogP contribution in [0.15, 0.2) is 47.5 Å². The number of nitrogens with two attached hydrogens (primary N) is 1. The SMILES string of the molecule is CCOc1ccc(OCC)c(NC(N)=NCCOc2ccccc2C)c1. The Kier molecular flexibility index (Phi) is 7.61. The zero-order valence-electron chi connectivity index (χ0n) is 15.6. The Bertz CT molecular complexity index is 732. The van der Waals surface area contributed by atoms with E-state index in [1.165, 1.54) is 0 Å². The van der Waals surface area contributed by atoms with Gasteiger partial charge in [0.25, 0.3) is 0 Å². The van der Waals surface area contributed by atoms with E-state index in [2.05, 4.69) is 10.3 Å². The van der Waals surface area contributed by atoms with Crippen molar-refractivity contribution in [2.24, 2.45) is 10.7 Å². The van der Waals surface area contributed by atoms with Crippen LogP contribution in [0, 0.1) is 6.92 Å². The van der Waals surface area contributed by atoms with Gasteiger partial charge in [0.1, 0.15) is 23.9 Å². The van der Waals surface area contributed by atoms with Crippen molar-refractivity contribution in [2.75, 3.05) is 31.7 Å². The average Bonchev–Trinajstić information content (AvgIpc) is 2.63. The summed E-state index contributed by atoms with van der Waals surface area (Å²) < 4.78 is 16.9. The third-order valence-electron chi connectivity index (χ3n) is 3.55. The standard InChI is InChI=1S/C20H27N3O3/c1-4-24-16-10-11-19(25-5-2)17(14-16)23-20(21)22-12-13-26-18-9-7-6-8-15(18)3/h6-11,14H,4-5,12-13H2,1-3H3,(H3,21,22,23). The van der Waals surface area contributed by atoms with E-state index in [0.29, 0.717) is 38.1 Å². The molecule has 0 atom stereocenters. The Morgan fingerprint density at radius 1 is 1.00 bits per heavy atom. The van der Waals surface area contributed by atoms with Crippen molar-refractivity contribution in [3.8, 4) is 17.2 Å². The minimum absolute atomic E-state index is 0.299. The summed E-state index contributed by atoms with van der Waals surface area (Å²) in [5.74, 6) is 2.60. The molecule has 0 spiro atoms. The van der Waals surface area contributed by atoms with Crippen LogP contribution in [-0.4, -0.2) is 32.3 Å². The fraction of sp³-hybridized carbons (Fsp3) is 0.350. The van der Waals surface area contributed by atoms with Crippen LogP contribution < -0.4 is 25.3 Å². The van der Waals surface area contributed by atoms with Gasteiger partial charge in [-0.3, -0.25) is 0 Å². The second kappa shape index (κ2) is 10.2. The number of aliphatic imine (C=N–C) groups is 1. The van der Waals surface area contributed by atoms with Crippen LogP contribution in [0.4, 0.5) is 5.69 Å². The normalized spacial score (nSPS) is 11.1. The van der Waals surface area contributed by atoms with E-state index in [1.54, 1.807) is 0 Å². The van der Waals surface area contributed by atoms with Gasteiger partial charge >= 0.3 is 0 Å². The molecule has 0 saturated carbocycles. The summed E-state index contributed by atoms with van der Waals surface area (Å²) in [7, 11) is 0. The summed E-state index contributed by atoms with van der Waals surface area (Å²) >= 11 is 0. The van der Waals surface area contributed by atoms with Crippen molar-refractivity contribution in [1.82, 2.24) is 0 Å². The Morgan fingerprint density at radius 3 is 2.50 bits per heavy atom. The van der Waals surface area contributed by atoms with Crippen LogP contribution in [0.3, 0.4) is 0 Å². The van der Waals surface area contributed by atoms with Gasteiger partial charge in [-0.25, -0.2) is 4.99 Å². The summed E-state index contributed by atoms with van der Waals surface area (Å²) in [4.78, 5) is 4.30. The van der Waals surface area contributed by atoms with E-state index in [4.69, 9.17) is 19.9 Å². The largest absolute Gasteiger partial charge is 0.494 e. The molecular formula is C20H27N3O3. The van der Waals surface area contributed by atoms with E-state index < -0.39 is 0 Å². The van der Waals surface area contributed by atoms with Gasteiger partial charge in [-0.15, -0.1) is 0 Å². The first-order chi connectivity index (χ1) is 12.6. The molecule has 0 fully saturated rings. The average molecular weight is 357 g/mol. The van der Waals surface area contributed by atoms with Crippen LogP contribution in [-0.2, 0) is 0 Å². The number of aryl methyl sites for hydroxylation is 1. The Labute approximate surface area is 155 Å². The van der Waals surface area contributed by atoms with Gasteiger partial charge in [-0.2, -0.15) is 0 Å². The molecule has 0 saturated heterocycles. The Morgan fingerprint density at radius 2 is 1.77 bits per heavy atom. The van der Waals surface area contributed by atoms with Crippen LogP contribution in [0.25, 0.3) is 0 Å². The highest BCUT2D eigenvalue weighted by Crippen LogP contribution is 2.29. The number of nitrogens with zero attached hydrogens (tertiary/aromatic N) is 1. The Balaban J connectivity index is 1.94. The summed E-state index contributed by atoms with van der Waals surface area (Å²) in [5.41, 5.74) is 7.81. The fourth-order valence-electron chi connectivity index (χ4n) is 2.36. The van der Waals surface area contributed by atoms with Crippen LogP contribution in [0.2, 0.25) is 0 Å². The molecule has 2 aromatic carbocycles. The lowest BCUT2D eigenvalue weighted by Crippen LogP contribution is -2.24. The molecule has 0 aliphatic carbocycles. The summed E-state index contributed by atoms with van der Waals surface area (Å²) in [6.45, 7) is 7.92. The topological polar surface area (TPSA) is 78.1 Å². The highest BCUT2D eigenvalue weighted by atomic mass is 16.5. The lowest BCUT2D eigenvalue weighted by molar-refractivity contribution is 0.326. The quantitative estimate of drug-likeness (QED) is 0.407. The summed E-state index contributed by atoms with van der Waals surface area (Å²) in [5, 5.41) is 3.07. The predicted octanol–water partition coefficient (Wildman–Crippen LogP) is 3.60. The fourth-order valence-corrected chi connectivity index (χ4v) is 2.36.